The van der Waals surface area contributed by atoms with Crippen LogP contribution in [0.15, 0.2) is 18.2 Å². The van der Waals surface area contributed by atoms with Crippen LogP contribution in [0.4, 0.5) is 0 Å². The van der Waals surface area contributed by atoms with Gasteiger partial charge in [-0.2, -0.15) is 0 Å². The second kappa shape index (κ2) is 6.99. The van der Waals surface area contributed by atoms with Crippen LogP contribution in [0.1, 0.15) is 64.8 Å². The minimum absolute atomic E-state index is 0.0422. The zero-order valence-corrected chi connectivity index (χ0v) is 16.9. The van der Waals surface area contributed by atoms with E-state index in [1.54, 1.807) is 12.1 Å². The number of imide groups is 2. The van der Waals surface area contributed by atoms with E-state index in [9.17, 15) is 19.2 Å². The second-order valence-corrected chi connectivity index (χ2v) is 9.10. The molecule has 4 amide bonds. The van der Waals surface area contributed by atoms with Gasteiger partial charge in [0.2, 0.25) is 11.8 Å². The van der Waals surface area contributed by atoms with Crippen molar-refractivity contribution < 1.29 is 19.2 Å². The minimum atomic E-state index is -0.933. The van der Waals surface area contributed by atoms with Crippen LogP contribution in [-0.2, 0) is 16.1 Å². The first-order valence-electron chi connectivity index (χ1n) is 10.7. The maximum Gasteiger partial charge on any atom is 0.262 e. The number of fused-ring (bicyclic) bond motifs is 3. The largest absolute Gasteiger partial charge is 0.329 e. The molecule has 158 valence electrons. The summed E-state index contributed by atoms with van der Waals surface area (Å²) in [5.41, 5.74) is 7.84. The molecule has 8 heteroatoms. The quantitative estimate of drug-likeness (QED) is 0.710. The highest BCUT2D eigenvalue weighted by Gasteiger charge is 2.47. The Kier molecular flexibility index (Phi) is 4.52. The third-order valence-electron chi connectivity index (χ3n) is 7.33. The average molecular weight is 410 g/mol. The van der Waals surface area contributed by atoms with E-state index in [1.165, 1.54) is 12.8 Å². The van der Waals surface area contributed by atoms with Gasteiger partial charge in [0.05, 0.1) is 11.1 Å². The summed E-state index contributed by atoms with van der Waals surface area (Å²) < 4.78 is 0. The average Bonchev–Trinajstić information content (AvgIpc) is 3.12. The molecule has 3 heterocycles. The lowest BCUT2D eigenvalue weighted by molar-refractivity contribution is -0.136. The lowest BCUT2D eigenvalue weighted by atomic mass is 9.80. The van der Waals surface area contributed by atoms with Gasteiger partial charge in [0.1, 0.15) is 6.04 Å². The highest BCUT2D eigenvalue weighted by Crippen LogP contribution is 2.44. The number of carbonyl (C=O) groups excluding carboxylic acids is 4. The molecule has 2 saturated heterocycles. The smallest absolute Gasteiger partial charge is 0.262 e. The van der Waals surface area contributed by atoms with Crippen molar-refractivity contribution in [1.29, 1.82) is 0 Å². The van der Waals surface area contributed by atoms with Crippen LogP contribution in [0.25, 0.3) is 0 Å². The maximum atomic E-state index is 13.0. The van der Waals surface area contributed by atoms with Crippen molar-refractivity contribution in [2.45, 2.75) is 56.7 Å². The fraction of sp³-hybridized carbons (Fsp3) is 0.545. The molecule has 3 aliphatic heterocycles. The van der Waals surface area contributed by atoms with E-state index < -0.39 is 23.8 Å². The van der Waals surface area contributed by atoms with E-state index in [1.807, 2.05) is 6.07 Å². The van der Waals surface area contributed by atoms with Crippen LogP contribution in [0.2, 0.25) is 0 Å². The Hall–Kier alpha value is -2.58. The second-order valence-electron chi connectivity index (χ2n) is 9.10. The molecule has 30 heavy (non-hydrogen) atoms. The summed E-state index contributed by atoms with van der Waals surface area (Å²) in [4.78, 5) is 53.0. The lowest BCUT2D eigenvalue weighted by Crippen LogP contribution is -2.54. The van der Waals surface area contributed by atoms with E-state index in [0.29, 0.717) is 30.1 Å². The Morgan fingerprint density at radius 3 is 2.67 bits per heavy atom. The van der Waals surface area contributed by atoms with Gasteiger partial charge in [-0.1, -0.05) is 12.5 Å². The van der Waals surface area contributed by atoms with E-state index in [2.05, 4.69) is 10.2 Å². The molecule has 3 N–H and O–H groups in total. The third kappa shape index (κ3) is 2.89. The number of hydrogen-bond acceptors (Lipinski definition) is 6. The predicted octanol–water partition coefficient (Wildman–Crippen LogP) is 0.791. The van der Waals surface area contributed by atoms with Crippen LogP contribution >= 0.6 is 0 Å². The fourth-order valence-corrected chi connectivity index (χ4v) is 5.79. The zero-order valence-electron chi connectivity index (χ0n) is 16.9. The normalized spacial score (nSPS) is 31.3. The van der Waals surface area contributed by atoms with Gasteiger partial charge < -0.3 is 5.73 Å². The van der Waals surface area contributed by atoms with Crippen molar-refractivity contribution in [1.82, 2.24) is 15.1 Å². The Bertz CT molecular complexity index is 960. The number of amides is 4. The van der Waals surface area contributed by atoms with E-state index in [0.717, 1.165) is 29.8 Å². The van der Waals surface area contributed by atoms with Crippen LogP contribution in [0, 0.1) is 5.92 Å². The number of nitrogens with two attached hydrogens (primary N) is 1. The lowest BCUT2D eigenvalue weighted by Gasteiger charge is -2.39. The van der Waals surface area contributed by atoms with Crippen molar-refractivity contribution in [3.63, 3.8) is 0 Å². The summed E-state index contributed by atoms with van der Waals surface area (Å²) >= 11 is 0. The molecule has 5 rings (SSSR count). The zero-order chi connectivity index (χ0) is 21.0. The molecule has 0 spiro atoms. The minimum Gasteiger partial charge on any atom is -0.329 e. The molecule has 3 unspecified atom stereocenters. The monoisotopic (exact) mass is 410 g/mol. The number of hydrogen-bond donors (Lipinski definition) is 2. The molecular formula is C22H26N4O4. The van der Waals surface area contributed by atoms with Gasteiger partial charge in [0.15, 0.2) is 0 Å². The number of nitrogens with zero attached hydrogens (tertiary/aromatic N) is 2. The predicted molar refractivity (Wildman–Crippen MR) is 107 cm³/mol. The first kappa shape index (κ1) is 19.4. The van der Waals surface area contributed by atoms with E-state index in [4.69, 9.17) is 5.73 Å². The third-order valence-corrected chi connectivity index (χ3v) is 7.33. The molecule has 1 saturated carbocycles. The molecule has 1 aromatic carbocycles. The summed E-state index contributed by atoms with van der Waals surface area (Å²) in [6, 6.07) is 4.43. The maximum absolute atomic E-state index is 13.0. The number of piperidine rings is 1. The first-order chi connectivity index (χ1) is 14.4. The van der Waals surface area contributed by atoms with Crippen molar-refractivity contribution in [3.05, 3.63) is 34.9 Å². The van der Waals surface area contributed by atoms with Crippen LogP contribution < -0.4 is 11.1 Å². The fourth-order valence-electron chi connectivity index (χ4n) is 5.79. The molecule has 1 aromatic rings. The standard InChI is InChI=1S/C22H26N4O4/c23-12-22-7-1-2-14(9-22)11-25(22)10-13-3-4-15-16(8-13)21(30)26(20(15)29)17-5-6-18(27)24-19(17)28/h3-4,8,14,17H,1-2,5-7,9-12,23H2,(H,24,27,28). The van der Waals surface area contributed by atoms with E-state index >= 15 is 0 Å². The molecule has 1 aliphatic carbocycles. The Balaban J connectivity index is 1.39. The van der Waals surface area contributed by atoms with Gasteiger partial charge >= 0.3 is 0 Å². The molecular weight excluding hydrogens is 384 g/mol. The van der Waals surface area contributed by atoms with Gasteiger partial charge in [-0.15, -0.1) is 0 Å². The van der Waals surface area contributed by atoms with Crippen LogP contribution in [0.3, 0.4) is 0 Å². The Labute approximate surface area is 174 Å². The van der Waals surface area contributed by atoms with Crippen LogP contribution in [0.5, 0.6) is 0 Å². The number of carbonyl (C=O) groups is 4. The van der Waals surface area contributed by atoms with Gasteiger partial charge in [0, 0.05) is 31.6 Å². The van der Waals surface area contributed by atoms with Crippen molar-refractivity contribution >= 4 is 23.6 Å². The van der Waals surface area contributed by atoms with Crippen molar-refractivity contribution in [3.8, 4) is 0 Å². The topological polar surface area (TPSA) is 113 Å². The molecule has 4 aliphatic rings. The molecule has 2 bridgehead atoms. The number of rotatable bonds is 4. The number of likely N-dealkylation sites (tertiary alicyclic amines) is 1. The SMILES string of the molecule is NCC12CCCC(CN1Cc1ccc3c(c1)C(=O)N(C1CCC(=O)NC1=O)C3=O)C2. The summed E-state index contributed by atoms with van der Waals surface area (Å²) in [6.07, 6.45) is 4.97. The summed E-state index contributed by atoms with van der Waals surface area (Å²) in [7, 11) is 0. The van der Waals surface area contributed by atoms with Gasteiger partial charge in [0.25, 0.3) is 11.8 Å². The first-order valence-corrected chi connectivity index (χ1v) is 10.7. The molecule has 0 aromatic heterocycles. The summed E-state index contributed by atoms with van der Waals surface area (Å²) in [5.74, 6) is -1.20. The highest BCUT2D eigenvalue weighted by atomic mass is 16.2. The van der Waals surface area contributed by atoms with Gasteiger partial charge in [-0.3, -0.25) is 34.3 Å². The Morgan fingerprint density at radius 2 is 1.90 bits per heavy atom. The summed E-state index contributed by atoms with van der Waals surface area (Å²) in [5, 5.41) is 2.22. The molecule has 3 fully saturated rings. The molecule has 8 nitrogen and oxygen atoms in total. The molecule has 0 radical (unpaired) electrons. The van der Waals surface area contributed by atoms with Crippen molar-refractivity contribution in [2.24, 2.45) is 11.7 Å². The number of nitrogens with one attached hydrogen (secondary N) is 1. The summed E-state index contributed by atoms with van der Waals surface area (Å²) in [6.45, 7) is 2.35. The molecule has 3 atom stereocenters. The van der Waals surface area contributed by atoms with E-state index in [-0.39, 0.29) is 24.3 Å². The van der Waals surface area contributed by atoms with Crippen LogP contribution in [-0.4, -0.2) is 58.1 Å². The van der Waals surface area contributed by atoms with Gasteiger partial charge in [-0.05, 0) is 49.3 Å². The van der Waals surface area contributed by atoms with Crippen molar-refractivity contribution in [2.75, 3.05) is 13.1 Å². The number of benzene rings is 1. The highest BCUT2D eigenvalue weighted by molar-refractivity contribution is 6.23. The van der Waals surface area contributed by atoms with Gasteiger partial charge in [-0.25, -0.2) is 0 Å². The Morgan fingerprint density at radius 1 is 1.10 bits per heavy atom.